The molecule has 0 saturated carbocycles. The zero-order valence-corrected chi connectivity index (χ0v) is 12.1. The van der Waals surface area contributed by atoms with E-state index in [9.17, 15) is 9.90 Å². The fraction of sp³-hybridized carbons (Fsp3) is 0.125. The molecule has 0 aliphatic heterocycles. The average molecular weight is 298 g/mol. The summed E-state index contributed by atoms with van der Waals surface area (Å²) in [5.74, 6) is 0.235. The number of phenolic OH excluding ortho intramolecular Hbond substituents is 1. The average Bonchev–Trinajstić information content (AvgIpc) is 2.49. The second-order valence-electron chi connectivity index (χ2n) is 4.85. The summed E-state index contributed by atoms with van der Waals surface area (Å²) in [7, 11) is 0. The van der Waals surface area contributed by atoms with Crippen LogP contribution in [0.4, 0.5) is 0 Å². The van der Waals surface area contributed by atoms with E-state index in [1.165, 1.54) is 0 Å². The van der Waals surface area contributed by atoms with Crippen LogP contribution in [0.3, 0.4) is 0 Å². The summed E-state index contributed by atoms with van der Waals surface area (Å²) in [6.45, 7) is 0.504. The lowest BCUT2D eigenvalue weighted by Crippen LogP contribution is -2.23. The molecule has 3 aromatic rings. The number of H-pyrrole nitrogens is 1. The Bertz CT molecular complexity index is 895. The highest BCUT2D eigenvalue weighted by molar-refractivity contribution is 7.71. The van der Waals surface area contributed by atoms with Crippen molar-refractivity contribution >= 4 is 23.1 Å². The van der Waals surface area contributed by atoms with Crippen molar-refractivity contribution in [3.8, 4) is 5.75 Å². The molecule has 0 bridgehead atoms. The first-order valence-electron chi connectivity index (χ1n) is 6.65. The van der Waals surface area contributed by atoms with E-state index >= 15 is 0 Å². The predicted molar refractivity (Wildman–Crippen MR) is 85.2 cm³/mol. The number of benzene rings is 2. The van der Waals surface area contributed by atoms with E-state index in [-0.39, 0.29) is 11.3 Å². The molecule has 0 saturated heterocycles. The van der Waals surface area contributed by atoms with E-state index in [0.29, 0.717) is 23.1 Å². The Kier molecular flexibility index (Phi) is 3.58. The van der Waals surface area contributed by atoms with E-state index in [2.05, 4.69) is 4.98 Å². The van der Waals surface area contributed by atoms with Crippen molar-refractivity contribution in [3.63, 3.8) is 0 Å². The lowest BCUT2D eigenvalue weighted by atomic mass is 10.1. The molecule has 0 fully saturated rings. The number of rotatable bonds is 3. The van der Waals surface area contributed by atoms with Gasteiger partial charge in [0, 0.05) is 6.54 Å². The first-order chi connectivity index (χ1) is 10.1. The van der Waals surface area contributed by atoms with Crippen molar-refractivity contribution in [1.29, 1.82) is 0 Å². The first kappa shape index (κ1) is 13.6. The summed E-state index contributed by atoms with van der Waals surface area (Å²) in [5, 5.41) is 9.91. The summed E-state index contributed by atoms with van der Waals surface area (Å²) in [4.78, 5) is 15.5. The third-order valence-electron chi connectivity index (χ3n) is 3.45. The normalized spacial score (nSPS) is 10.9. The second-order valence-corrected chi connectivity index (χ2v) is 5.24. The maximum atomic E-state index is 12.5. The number of hydrogen-bond acceptors (Lipinski definition) is 3. The van der Waals surface area contributed by atoms with Gasteiger partial charge < -0.3 is 10.1 Å². The Labute approximate surface area is 126 Å². The summed E-state index contributed by atoms with van der Waals surface area (Å²) < 4.78 is 2.00. The Hall–Kier alpha value is -2.40. The van der Waals surface area contributed by atoms with E-state index < -0.39 is 0 Å². The fourth-order valence-electron chi connectivity index (χ4n) is 2.31. The maximum absolute atomic E-state index is 12.5. The number of fused-ring (bicyclic) bond motifs is 1. The minimum absolute atomic E-state index is 0.0758. The number of aryl methyl sites for hydroxylation is 1. The van der Waals surface area contributed by atoms with Gasteiger partial charge in [0.1, 0.15) is 5.75 Å². The second kappa shape index (κ2) is 5.54. The van der Waals surface area contributed by atoms with Gasteiger partial charge in [0.25, 0.3) is 5.56 Å². The molecule has 1 aromatic heterocycles. The number of hydrogen-bond donors (Lipinski definition) is 2. The lowest BCUT2D eigenvalue weighted by Gasteiger charge is -2.08. The smallest absolute Gasteiger partial charge is 0.262 e. The zero-order valence-electron chi connectivity index (χ0n) is 11.2. The minimum atomic E-state index is -0.0758. The molecule has 2 N–H and O–H groups in total. The van der Waals surface area contributed by atoms with Gasteiger partial charge in [-0.3, -0.25) is 9.36 Å². The molecule has 106 valence electrons. The molecule has 5 heteroatoms. The third kappa shape index (κ3) is 2.73. The largest absolute Gasteiger partial charge is 0.508 e. The van der Waals surface area contributed by atoms with Crippen LogP contribution >= 0.6 is 12.2 Å². The molecule has 0 aliphatic rings. The van der Waals surface area contributed by atoms with Crippen LogP contribution in [0.25, 0.3) is 10.9 Å². The molecule has 3 rings (SSSR count). The number of nitrogens with zero attached hydrogens (tertiary/aromatic N) is 1. The molecule has 0 spiro atoms. The molecule has 0 unspecified atom stereocenters. The third-order valence-corrected chi connectivity index (χ3v) is 3.77. The number of nitrogens with one attached hydrogen (secondary N) is 1. The predicted octanol–water partition coefficient (Wildman–Crippen LogP) is 3.01. The summed E-state index contributed by atoms with van der Waals surface area (Å²) in [6.07, 6.45) is 0.677. The molecule has 0 radical (unpaired) electrons. The molecule has 21 heavy (non-hydrogen) atoms. The van der Waals surface area contributed by atoms with E-state index in [1.54, 1.807) is 22.8 Å². The molecule has 0 amide bonds. The van der Waals surface area contributed by atoms with Gasteiger partial charge in [-0.2, -0.15) is 0 Å². The van der Waals surface area contributed by atoms with Gasteiger partial charge >= 0.3 is 0 Å². The molecular formula is C16H14N2O2S. The molecule has 0 atom stereocenters. The van der Waals surface area contributed by atoms with Crippen LogP contribution in [0.15, 0.2) is 53.3 Å². The van der Waals surface area contributed by atoms with Crippen LogP contribution in [0, 0.1) is 4.77 Å². The summed E-state index contributed by atoms with van der Waals surface area (Å²) >= 11 is 5.27. The van der Waals surface area contributed by atoms with Gasteiger partial charge in [-0.25, -0.2) is 0 Å². The van der Waals surface area contributed by atoms with Crippen LogP contribution < -0.4 is 5.56 Å². The summed E-state index contributed by atoms with van der Waals surface area (Å²) in [5.41, 5.74) is 1.73. The molecular weight excluding hydrogens is 284 g/mol. The number of phenols is 1. The molecule has 0 aliphatic carbocycles. The number of aromatic amines is 1. The molecule has 1 heterocycles. The summed E-state index contributed by atoms with van der Waals surface area (Å²) in [6, 6.07) is 14.3. The Morgan fingerprint density at radius 3 is 2.57 bits per heavy atom. The van der Waals surface area contributed by atoms with Gasteiger partial charge in [-0.15, -0.1) is 0 Å². The maximum Gasteiger partial charge on any atom is 0.262 e. The topological polar surface area (TPSA) is 58.0 Å². The van der Waals surface area contributed by atoms with Gasteiger partial charge in [0.05, 0.1) is 10.9 Å². The number of para-hydroxylation sites is 1. The molecule has 2 aromatic carbocycles. The highest BCUT2D eigenvalue weighted by Gasteiger charge is 2.05. The van der Waals surface area contributed by atoms with Crippen LogP contribution in [-0.4, -0.2) is 14.7 Å². The van der Waals surface area contributed by atoms with Gasteiger partial charge in [0.15, 0.2) is 4.77 Å². The number of aromatic nitrogens is 2. The van der Waals surface area contributed by atoms with Crippen LogP contribution in [-0.2, 0) is 13.0 Å². The minimum Gasteiger partial charge on any atom is -0.508 e. The van der Waals surface area contributed by atoms with Crippen LogP contribution in [0.1, 0.15) is 5.56 Å². The zero-order chi connectivity index (χ0) is 14.8. The van der Waals surface area contributed by atoms with Crippen LogP contribution in [0.5, 0.6) is 5.75 Å². The Morgan fingerprint density at radius 2 is 1.81 bits per heavy atom. The number of aromatic hydroxyl groups is 1. The lowest BCUT2D eigenvalue weighted by molar-refractivity contribution is 0.475. The van der Waals surface area contributed by atoms with Crippen LogP contribution in [0.2, 0.25) is 0 Å². The van der Waals surface area contributed by atoms with E-state index in [1.807, 2.05) is 30.3 Å². The highest BCUT2D eigenvalue weighted by Crippen LogP contribution is 2.11. The standard InChI is InChI=1S/C16H14N2O2S/c19-12-7-5-11(6-8-12)9-10-18-15(20)13-3-1-2-4-14(13)17-16(18)21/h1-8,19H,9-10H2,(H,17,21). The van der Waals surface area contributed by atoms with Crippen molar-refractivity contribution in [1.82, 2.24) is 9.55 Å². The van der Waals surface area contributed by atoms with Crippen molar-refractivity contribution < 1.29 is 5.11 Å². The van der Waals surface area contributed by atoms with Gasteiger partial charge in [-0.05, 0) is 48.5 Å². The fourth-order valence-corrected chi connectivity index (χ4v) is 2.59. The van der Waals surface area contributed by atoms with E-state index in [0.717, 1.165) is 11.1 Å². The Morgan fingerprint density at radius 1 is 1.10 bits per heavy atom. The van der Waals surface area contributed by atoms with Gasteiger partial charge in [-0.1, -0.05) is 24.3 Å². The van der Waals surface area contributed by atoms with Crippen molar-refractivity contribution in [2.75, 3.05) is 0 Å². The monoisotopic (exact) mass is 298 g/mol. The van der Waals surface area contributed by atoms with Gasteiger partial charge in [0.2, 0.25) is 0 Å². The van der Waals surface area contributed by atoms with E-state index in [4.69, 9.17) is 12.2 Å². The first-order valence-corrected chi connectivity index (χ1v) is 7.06. The van der Waals surface area contributed by atoms with Crippen molar-refractivity contribution in [3.05, 3.63) is 69.2 Å². The molecule has 4 nitrogen and oxygen atoms in total. The highest BCUT2D eigenvalue weighted by atomic mass is 32.1. The quantitative estimate of drug-likeness (QED) is 0.731. The van der Waals surface area contributed by atoms with Crippen molar-refractivity contribution in [2.45, 2.75) is 13.0 Å². The SMILES string of the molecule is O=c1c2ccccc2[nH]c(=S)n1CCc1ccc(O)cc1. The van der Waals surface area contributed by atoms with Crippen molar-refractivity contribution in [2.24, 2.45) is 0 Å². The Balaban J connectivity index is 1.95.